The van der Waals surface area contributed by atoms with E-state index >= 15 is 0 Å². The SMILES string of the molecule is CN/N=C(/C)c1cnc[nH]1. The maximum absolute atomic E-state index is 3.96. The Labute approximate surface area is 59.4 Å². The Balaban J connectivity index is 2.77. The van der Waals surface area contributed by atoms with Crippen molar-refractivity contribution in [3.63, 3.8) is 0 Å². The van der Waals surface area contributed by atoms with Crippen molar-refractivity contribution in [2.24, 2.45) is 5.10 Å². The number of rotatable bonds is 2. The van der Waals surface area contributed by atoms with Crippen LogP contribution in [0.1, 0.15) is 12.6 Å². The predicted molar refractivity (Wildman–Crippen MR) is 39.9 cm³/mol. The number of aromatic nitrogens is 2. The second-order valence-electron chi connectivity index (χ2n) is 1.89. The van der Waals surface area contributed by atoms with Crippen LogP contribution in [0.15, 0.2) is 17.6 Å². The Morgan fingerprint density at radius 3 is 3.10 bits per heavy atom. The molecular weight excluding hydrogens is 128 g/mol. The molecule has 4 heteroatoms. The molecule has 0 aliphatic heterocycles. The minimum atomic E-state index is 0.903. The molecule has 1 aromatic heterocycles. The monoisotopic (exact) mass is 138 g/mol. The van der Waals surface area contributed by atoms with E-state index in [0.29, 0.717) is 0 Å². The molecule has 54 valence electrons. The average molecular weight is 138 g/mol. The summed E-state index contributed by atoms with van der Waals surface area (Å²) in [4.78, 5) is 6.80. The number of aromatic amines is 1. The molecule has 0 aliphatic rings. The molecule has 10 heavy (non-hydrogen) atoms. The minimum absolute atomic E-state index is 0.903. The van der Waals surface area contributed by atoms with Gasteiger partial charge in [0.25, 0.3) is 0 Å². The number of imidazole rings is 1. The lowest BCUT2D eigenvalue weighted by molar-refractivity contribution is 0.898. The van der Waals surface area contributed by atoms with Crippen molar-refractivity contribution in [3.8, 4) is 0 Å². The van der Waals surface area contributed by atoms with Gasteiger partial charge in [0.1, 0.15) is 0 Å². The first-order valence-corrected chi connectivity index (χ1v) is 3.04. The van der Waals surface area contributed by atoms with Gasteiger partial charge in [0.05, 0.1) is 23.9 Å². The second kappa shape index (κ2) is 3.00. The molecule has 0 amide bonds. The Hall–Kier alpha value is -1.32. The highest BCUT2D eigenvalue weighted by Crippen LogP contribution is 1.91. The molecule has 0 unspecified atom stereocenters. The highest BCUT2D eigenvalue weighted by Gasteiger charge is 1.95. The van der Waals surface area contributed by atoms with Crippen molar-refractivity contribution < 1.29 is 0 Å². The zero-order valence-corrected chi connectivity index (χ0v) is 6.05. The molecular formula is C6H10N4. The number of nitrogens with one attached hydrogen (secondary N) is 2. The normalized spacial score (nSPS) is 11.6. The first kappa shape index (κ1) is 6.80. The van der Waals surface area contributed by atoms with Gasteiger partial charge in [0.15, 0.2) is 0 Å². The molecule has 0 saturated carbocycles. The van der Waals surface area contributed by atoms with E-state index in [1.807, 2.05) is 6.92 Å². The molecule has 0 saturated heterocycles. The Morgan fingerprint density at radius 1 is 1.80 bits per heavy atom. The standard InChI is InChI=1S/C6H10N4/c1-5(10-7-2)6-3-8-4-9-6/h3-4,7H,1-2H3,(H,8,9)/b10-5-. The van der Waals surface area contributed by atoms with E-state index in [1.165, 1.54) is 0 Å². The van der Waals surface area contributed by atoms with E-state index in [4.69, 9.17) is 0 Å². The van der Waals surface area contributed by atoms with E-state index in [1.54, 1.807) is 19.6 Å². The van der Waals surface area contributed by atoms with Gasteiger partial charge in [0.2, 0.25) is 0 Å². The average Bonchev–Trinajstić information content (AvgIpc) is 2.38. The van der Waals surface area contributed by atoms with Crippen LogP contribution in [0.25, 0.3) is 0 Å². The number of nitrogens with zero attached hydrogens (tertiary/aromatic N) is 2. The van der Waals surface area contributed by atoms with E-state index in [9.17, 15) is 0 Å². The molecule has 0 atom stereocenters. The fourth-order valence-electron chi connectivity index (χ4n) is 0.682. The van der Waals surface area contributed by atoms with Gasteiger partial charge in [-0.15, -0.1) is 0 Å². The maximum atomic E-state index is 3.96. The molecule has 0 bridgehead atoms. The topological polar surface area (TPSA) is 53.1 Å². The van der Waals surface area contributed by atoms with Gasteiger partial charge < -0.3 is 10.4 Å². The summed E-state index contributed by atoms with van der Waals surface area (Å²) in [6, 6.07) is 0. The molecule has 1 rings (SSSR count). The second-order valence-corrected chi connectivity index (χ2v) is 1.89. The molecule has 0 aromatic carbocycles. The van der Waals surface area contributed by atoms with Gasteiger partial charge in [-0.25, -0.2) is 4.98 Å². The third kappa shape index (κ3) is 1.34. The molecule has 0 fully saturated rings. The van der Waals surface area contributed by atoms with Gasteiger partial charge in [-0.05, 0) is 6.92 Å². The van der Waals surface area contributed by atoms with Crippen LogP contribution in [0.4, 0.5) is 0 Å². The first-order chi connectivity index (χ1) is 4.84. The third-order valence-corrected chi connectivity index (χ3v) is 1.17. The van der Waals surface area contributed by atoms with Crippen molar-refractivity contribution in [3.05, 3.63) is 18.2 Å². The van der Waals surface area contributed by atoms with Gasteiger partial charge in [0, 0.05) is 7.05 Å². The van der Waals surface area contributed by atoms with Crippen LogP contribution in [-0.4, -0.2) is 22.7 Å². The van der Waals surface area contributed by atoms with Crippen molar-refractivity contribution in [1.29, 1.82) is 0 Å². The van der Waals surface area contributed by atoms with Crippen LogP contribution in [0.5, 0.6) is 0 Å². The summed E-state index contributed by atoms with van der Waals surface area (Å²) in [5.74, 6) is 0. The molecule has 1 heterocycles. The van der Waals surface area contributed by atoms with E-state index in [-0.39, 0.29) is 0 Å². The summed E-state index contributed by atoms with van der Waals surface area (Å²) in [5, 5.41) is 3.96. The van der Waals surface area contributed by atoms with Crippen LogP contribution < -0.4 is 5.43 Å². The van der Waals surface area contributed by atoms with Gasteiger partial charge in [-0.2, -0.15) is 5.10 Å². The van der Waals surface area contributed by atoms with Crippen LogP contribution >= 0.6 is 0 Å². The summed E-state index contributed by atoms with van der Waals surface area (Å²) in [6.45, 7) is 1.91. The minimum Gasteiger partial charge on any atom is -0.344 e. The number of hydrazone groups is 1. The summed E-state index contributed by atoms with van der Waals surface area (Å²) in [6.07, 6.45) is 3.36. The van der Waals surface area contributed by atoms with Crippen LogP contribution in [0, 0.1) is 0 Å². The lowest BCUT2D eigenvalue weighted by atomic mass is 10.3. The lowest BCUT2D eigenvalue weighted by Crippen LogP contribution is -2.02. The van der Waals surface area contributed by atoms with Crippen molar-refractivity contribution >= 4 is 5.71 Å². The third-order valence-electron chi connectivity index (χ3n) is 1.17. The largest absolute Gasteiger partial charge is 0.344 e. The predicted octanol–water partition coefficient (Wildman–Crippen LogP) is 0.353. The van der Waals surface area contributed by atoms with E-state index < -0.39 is 0 Å². The van der Waals surface area contributed by atoms with Crippen molar-refractivity contribution in [1.82, 2.24) is 15.4 Å². The number of hydrogen-bond donors (Lipinski definition) is 2. The van der Waals surface area contributed by atoms with Crippen LogP contribution in [0.2, 0.25) is 0 Å². The highest BCUT2D eigenvalue weighted by molar-refractivity contribution is 5.96. The van der Waals surface area contributed by atoms with Crippen LogP contribution in [-0.2, 0) is 0 Å². The van der Waals surface area contributed by atoms with Gasteiger partial charge >= 0.3 is 0 Å². The zero-order valence-electron chi connectivity index (χ0n) is 6.05. The van der Waals surface area contributed by atoms with E-state index in [0.717, 1.165) is 11.4 Å². The number of hydrogen-bond acceptors (Lipinski definition) is 3. The summed E-state index contributed by atoms with van der Waals surface area (Å²) < 4.78 is 0. The molecule has 2 N–H and O–H groups in total. The van der Waals surface area contributed by atoms with Crippen LogP contribution in [0.3, 0.4) is 0 Å². The van der Waals surface area contributed by atoms with Gasteiger partial charge in [-0.3, -0.25) is 0 Å². The maximum Gasteiger partial charge on any atom is 0.0924 e. The zero-order chi connectivity index (χ0) is 7.40. The van der Waals surface area contributed by atoms with E-state index in [2.05, 4.69) is 20.5 Å². The smallest absolute Gasteiger partial charge is 0.0924 e. The molecule has 4 nitrogen and oxygen atoms in total. The number of H-pyrrole nitrogens is 1. The van der Waals surface area contributed by atoms with Gasteiger partial charge in [-0.1, -0.05) is 0 Å². The fraction of sp³-hybridized carbons (Fsp3) is 0.333. The molecule has 0 aliphatic carbocycles. The first-order valence-electron chi connectivity index (χ1n) is 3.04. The Morgan fingerprint density at radius 2 is 2.60 bits per heavy atom. The fourth-order valence-corrected chi connectivity index (χ4v) is 0.682. The molecule has 1 aromatic rings. The summed E-state index contributed by atoms with van der Waals surface area (Å²) in [5.41, 5.74) is 4.54. The molecule has 0 spiro atoms. The Bertz CT molecular complexity index is 212. The Kier molecular flexibility index (Phi) is 2.04. The van der Waals surface area contributed by atoms with Crippen molar-refractivity contribution in [2.45, 2.75) is 6.92 Å². The molecule has 0 radical (unpaired) electrons. The lowest BCUT2D eigenvalue weighted by Gasteiger charge is -1.93. The quantitative estimate of drug-likeness (QED) is 0.457. The summed E-state index contributed by atoms with van der Waals surface area (Å²) >= 11 is 0. The summed E-state index contributed by atoms with van der Waals surface area (Å²) in [7, 11) is 1.76. The van der Waals surface area contributed by atoms with Crippen molar-refractivity contribution in [2.75, 3.05) is 7.05 Å². The highest BCUT2D eigenvalue weighted by atomic mass is 15.3.